The summed E-state index contributed by atoms with van der Waals surface area (Å²) in [5.41, 5.74) is 5.94. The third kappa shape index (κ3) is 3.98. The Morgan fingerprint density at radius 1 is 1.42 bits per heavy atom. The number of hydrogen-bond acceptors (Lipinski definition) is 6. The van der Waals surface area contributed by atoms with Crippen LogP contribution in [-0.2, 0) is 0 Å². The predicted molar refractivity (Wildman–Crippen MR) is 91.5 cm³/mol. The van der Waals surface area contributed by atoms with Gasteiger partial charge in [-0.25, -0.2) is 0 Å². The molecular formula is C17H27N3O4. The van der Waals surface area contributed by atoms with Crippen LogP contribution in [0.15, 0.2) is 18.2 Å². The zero-order valence-electron chi connectivity index (χ0n) is 14.6. The summed E-state index contributed by atoms with van der Waals surface area (Å²) in [4.78, 5) is 16.5. The molecule has 7 heteroatoms. The van der Waals surface area contributed by atoms with Crippen LogP contribution in [0.25, 0.3) is 0 Å². The standard InChI is InChI=1S/C17H27N3O4/c1-19(2)13-10-20(11-14(13)21)17(22)12-6-4-7-15(23-3)16(12)24-9-5-8-18/h4,6-7,13-14,21H,5,8-11,18H2,1-3H3/t13-,14-/m0/s1. The topological polar surface area (TPSA) is 88.3 Å². The molecule has 1 aliphatic rings. The molecule has 0 radical (unpaired) electrons. The lowest BCUT2D eigenvalue weighted by Gasteiger charge is -2.22. The van der Waals surface area contributed by atoms with Crippen molar-refractivity contribution in [3.8, 4) is 11.5 Å². The van der Waals surface area contributed by atoms with E-state index in [1.165, 1.54) is 0 Å². The summed E-state index contributed by atoms with van der Waals surface area (Å²) < 4.78 is 11.1. The molecule has 1 fully saturated rings. The molecule has 7 nitrogen and oxygen atoms in total. The Kier molecular flexibility index (Phi) is 6.42. The molecule has 1 aliphatic heterocycles. The van der Waals surface area contributed by atoms with Crippen LogP contribution >= 0.6 is 0 Å². The highest BCUT2D eigenvalue weighted by molar-refractivity contribution is 5.98. The van der Waals surface area contributed by atoms with Crippen LogP contribution in [0, 0.1) is 0 Å². The maximum Gasteiger partial charge on any atom is 0.257 e. The first kappa shape index (κ1) is 18.5. The average molecular weight is 337 g/mol. The molecule has 2 atom stereocenters. The number of likely N-dealkylation sites (N-methyl/N-ethyl adjacent to an activating group) is 1. The van der Waals surface area contributed by atoms with Crippen LogP contribution in [0.2, 0.25) is 0 Å². The largest absolute Gasteiger partial charge is 0.493 e. The second kappa shape index (κ2) is 8.32. The minimum absolute atomic E-state index is 0.0684. The SMILES string of the molecule is COc1cccc(C(=O)N2C[C@H](O)[C@@H](N(C)C)C2)c1OCCCN. The number of nitrogens with zero attached hydrogens (tertiary/aromatic N) is 2. The smallest absolute Gasteiger partial charge is 0.257 e. The Labute approximate surface area is 142 Å². The van der Waals surface area contributed by atoms with Gasteiger partial charge in [0.15, 0.2) is 11.5 Å². The van der Waals surface area contributed by atoms with Crippen molar-refractivity contribution < 1.29 is 19.4 Å². The van der Waals surface area contributed by atoms with Crippen molar-refractivity contribution in [1.29, 1.82) is 0 Å². The molecule has 1 aromatic carbocycles. The van der Waals surface area contributed by atoms with Crippen molar-refractivity contribution in [2.75, 3.05) is 47.4 Å². The van der Waals surface area contributed by atoms with Gasteiger partial charge < -0.3 is 30.1 Å². The summed E-state index contributed by atoms with van der Waals surface area (Å²) >= 11 is 0. The summed E-state index contributed by atoms with van der Waals surface area (Å²) in [5, 5.41) is 10.2. The van der Waals surface area contributed by atoms with Gasteiger partial charge in [0, 0.05) is 13.1 Å². The Bertz CT molecular complexity index is 565. The molecule has 2 rings (SSSR count). The minimum Gasteiger partial charge on any atom is -0.493 e. The number of aliphatic hydroxyl groups excluding tert-OH is 1. The number of β-amino-alcohol motifs (C(OH)–C–C–N with tert-alkyl or cyclic N) is 1. The van der Waals surface area contributed by atoms with Gasteiger partial charge in [-0.3, -0.25) is 4.79 Å². The Balaban J connectivity index is 2.22. The first-order valence-corrected chi connectivity index (χ1v) is 8.13. The number of nitrogens with two attached hydrogens (primary N) is 1. The maximum atomic E-state index is 12.9. The molecule has 1 saturated heterocycles. The van der Waals surface area contributed by atoms with Gasteiger partial charge in [-0.2, -0.15) is 0 Å². The lowest BCUT2D eigenvalue weighted by atomic mass is 10.1. The van der Waals surface area contributed by atoms with E-state index in [1.54, 1.807) is 30.2 Å². The van der Waals surface area contributed by atoms with E-state index in [2.05, 4.69) is 0 Å². The zero-order valence-corrected chi connectivity index (χ0v) is 14.6. The number of ether oxygens (including phenoxy) is 2. The molecule has 0 aromatic heterocycles. The molecule has 134 valence electrons. The fraction of sp³-hybridized carbons (Fsp3) is 0.588. The van der Waals surface area contributed by atoms with Gasteiger partial charge in [0.25, 0.3) is 5.91 Å². The predicted octanol–water partition coefficient (Wildman–Crippen LogP) is 0.170. The molecule has 0 saturated carbocycles. The first-order chi connectivity index (χ1) is 11.5. The van der Waals surface area contributed by atoms with E-state index in [9.17, 15) is 9.90 Å². The number of hydrogen-bond donors (Lipinski definition) is 2. The number of rotatable bonds is 7. The van der Waals surface area contributed by atoms with Gasteiger partial charge >= 0.3 is 0 Å². The van der Waals surface area contributed by atoms with Crippen molar-refractivity contribution in [3.63, 3.8) is 0 Å². The summed E-state index contributed by atoms with van der Waals surface area (Å²) in [5.74, 6) is 0.781. The van der Waals surface area contributed by atoms with Crippen molar-refractivity contribution >= 4 is 5.91 Å². The van der Waals surface area contributed by atoms with Crippen LogP contribution in [-0.4, -0.2) is 80.4 Å². The zero-order chi connectivity index (χ0) is 17.7. The summed E-state index contributed by atoms with van der Waals surface area (Å²) in [6.07, 6.45) is 0.132. The second-order valence-electron chi connectivity index (χ2n) is 6.14. The quantitative estimate of drug-likeness (QED) is 0.690. The number of benzene rings is 1. The highest BCUT2D eigenvalue weighted by atomic mass is 16.5. The van der Waals surface area contributed by atoms with Crippen LogP contribution in [0.3, 0.4) is 0 Å². The Hall–Kier alpha value is -1.83. The third-order valence-electron chi connectivity index (χ3n) is 4.23. The van der Waals surface area contributed by atoms with E-state index in [1.807, 2.05) is 19.0 Å². The van der Waals surface area contributed by atoms with E-state index >= 15 is 0 Å². The minimum atomic E-state index is -0.559. The molecule has 0 spiro atoms. The molecule has 1 heterocycles. The molecular weight excluding hydrogens is 310 g/mol. The molecule has 24 heavy (non-hydrogen) atoms. The molecule has 1 amide bonds. The van der Waals surface area contributed by atoms with E-state index in [-0.39, 0.29) is 11.9 Å². The van der Waals surface area contributed by atoms with Crippen molar-refractivity contribution in [2.24, 2.45) is 5.73 Å². The molecule has 0 aliphatic carbocycles. The van der Waals surface area contributed by atoms with E-state index < -0.39 is 6.10 Å². The van der Waals surface area contributed by atoms with Crippen molar-refractivity contribution in [1.82, 2.24) is 9.80 Å². The lowest BCUT2D eigenvalue weighted by Crippen LogP contribution is -2.38. The number of carbonyl (C=O) groups is 1. The van der Waals surface area contributed by atoms with E-state index in [0.29, 0.717) is 49.7 Å². The first-order valence-electron chi connectivity index (χ1n) is 8.13. The number of likely N-dealkylation sites (tertiary alicyclic amines) is 1. The van der Waals surface area contributed by atoms with Crippen LogP contribution in [0.1, 0.15) is 16.8 Å². The number of amides is 1. The monoisotopic (exact) mass is 337 g/mol. The normalized spacial score (nSPS) is 20.5. The Morgan fingerprint density at radius 2 is 2.17 bits per heavy atom. The lowest BCUT2D eigenvalue weighted by molar-refractivity contribution is 0.0759. The number of aliphatic hydroxyl groups is 1. The van der Waals surface area contributed by atoms with E-state index in [0.717, 1.165) is 0 Å². The molecule has 0 bridgehead atoms. The maximum absolute atomic E-state index is 12.9. The fourth-order valence-electron chi connectivity index (χ4n) is 2.86. The van der Waals surface area contributed by atoms with Gasteiger partial charge in [-0.1, -0.05) is 6.07 Å². The summed E-state index contributed by atoms with van der Waals surface area (Å²) in [7, 11) is 5.34. The van der Waals surface area contributed by atoms with Gasteiger partial charge in [-0.15, -0.1) is 0 Å². The molecule has 3 N–H and O–H groups in total. The Morgan fingerprint density at radius 3 is 2.75 bits per heavy atom. The summed E-state index contributed by atoms with van der Waals surface area (Å²) in [6.45, 7) is 1.72. The molecule has 1 aromatic rings. The van der Waals surface area contributed by atoms with Crippen LogP contribution in [0.5, 0.6) is 11.5 Å². The van der Waals surface area contributed by atoms with Crippen molar-refractivity contribution in [3.05, 3.63) is 23.8 Å². The third-order valence-corrected chi connectivity index (χ3v) is 4.23. The van der Waals surface area contributed by atoms with Gasteiger partial charge in [0.05, 0.1) is 31.4 Å². The number of methoxy groups -OCH3 is 1. The summed E-state index contributed by atoms with van der Waals surface area (Å²) in [6, 6.07) is 5.17. The van der Waals surface area contributed by atoms with E-state index in [4.69, 9.17) is 15.2 Å². The highest BCUT2D eigenvalue weighted by Gasteiger charge is 2.36. The average Bonchev–Trinajstić information content (AvgIpc) is 2.96. The van der Waals surface area contributed by atoms with Gasteiger partial charge in [0.2, 0.25) is 0 Å². The fourth-order valence-corrected chi connectivity index (χ4v) is 2.86. The van der Waals surface area contributed by atoms with Gasteiger partial charge in [0.1, 0.15) is 0 Å². The van der Waals surface area contributed by atoms with Gasteiger partial charge in [-0.05, 0) is 39.2 Å². The van der Waals surface area contributed by atoms with Crippen LogP contribution in [0.4, 0.5) is 0 Å². The second-order valence-corrected chi connectivity index (χ2v) is 6.14. The highest BCUT2D eigenvalue weighted by Crippen LogP contribution is 2.33. The number of carbonyl (C=O) groups excluding carboxylic acids is 1. The van der Waals surface area contributed by atoms with Crippen LogP contribution < -0.4 is 15.2 Å². The molecule has 0 unspecified atom stereocenters. The van der Waals surface area contributed by atoms with Crippen molar-refractivity contribution in [2.45, 2.75) is 18.6 Å². The number of para-hydroxylation sites is 1.